The first-order valence-corrected chi connectivity index (χ1v) is 11.6. The van der Waals surface area contributed by atoms with Crippen LogP contribution in [0.4, 0.5) is 0 Å². The fourth-order valence-corrected chi connectivity index (χ4v) is 6.30. The van der Waals surface area contributed by atoms with E-state index in [0.717, 1.165) is 36.0 Å². The van der Waals surface area contributed by atoms with Crippen LogP contribution >= 0.6 is 11.6 Å². The molecule has 148 valence electrons. The van der Waals surface area contributed by atoms with Crippen LogP contribution in [0, 0.1) is 5.92 Å². The molecule has 0 saturated carbocycles. The number of aromatic hydroxyl groups is 1. The van der Waals surface area contributed by atoms with Crippen LogP contribution in [-0.4, -0.2) is 37.2 Å². The van der Waals surface area contributed by atoms with Gasteiger partial charge in [-0.3, -0.25) is 0 Å². The molecule has 0 aliphatic carbocycles. The Kier molecular flexibility index (Phi) is 6.04. The van der Waals surface area contributed by atoms with Gasteiger partial charge in [-0.15, -0.1) is 0 Å². The van der Waals surface area contributed by atoms with E-state index >= 15 is 0 Å². The number of phenolic OH excluding ortho intramolecular Hbond substituents is 1. The number of phenols is 1. The van der Waals surface area contributed by atoms with E-state index in [0.29, 0.717) is 5.02 Å². The van der Waals surface area contributed by atoms with Crippen LogP contribution in [0.15, 0.2) is 34.9 Å². The number of sulfone groups is 1. The fourth-order valence-electron chi connectivity index (χ4n) is 3.96. The second-order valence-electron chi connectivity index (χ2n) is 7.65. The number of hydrogen-bond donors (Lipinski definition) is 1. The quantitative estimate of drug-likeness (QED) is 0.686. The zero-order valence-electron chi connectivity index (χ0n) is 16.0. The maximum absolute atomic E-state index is 12.4. The molecule has 0 radical (unpaired) electrons. The lowest BCUT2D eigenvalue weighted by Gasteiger charge is -2.16. The molecule has 0 aromatic heterocycles. The van der Waals surface area contributed by atoms with Crippen molar-refractivity contribution in [3.8, 4) is 5.75 Å². The molecule has 6 heteroatoms. The summed E-state index contributed by atoms with van der Waals surface area (Å²) in [5.74, 6) is 0.557. The van der Waals surface area contributed by atoms with E-state index in [1.807, 2.05) is 0 Å². The number of ether oxygens (including phenoxy) is 1. The second-order valence-corrected chi connectivity index (χ2v) is 10.2. The number of allylic oxidation sites excluding steroid dienone is 1. The van der Waals surface area contributed by atoms with E-state index in [2.05, 4.69) is 26.8 Å². The molecule has 1 aromatic rings. The van der Waals surface area contributed by atoms with Gasteiger partial charge in [-0.25, -0.2) is 8.42 Å². The molecule has 0 spiro atoms. The molecule has 2 atom stereocenters. The van der Waals surface area contributed by atoms with Crippen molar-refractivity contribution in [1.82, 2.24) is 0 Å². The predicted octanol–water partition coefficient (Wildman–Crippen LogP) is 4.77. The molecule has 2 aliphatic rings. The number of halogens is 1. The second kappa shape index (κ2) is 7.98. The first-order valence-electron chi connectivity index (χ1n) is 9.47. The molecule has 2 heterocycles. The van der Waals surface area contributed by atoms with Crippen molar-refractivity contribution in [3.63, 3.8) is 0 Å². The summed E-state index contributed by atoms with van der Waals surface area (Å²) in [5, 5.41) is 9.57. The first-order chi connectivity index (χ1) is 12.7. The lowest BCUT2D eigenvalue weighted by Crippen LogP contribution is -2.19. The summed E-state index contributed by atoms with van der Waals surface area (Å²) < 4.78 is 30.8. The Labute approximate surface area is 166 Å². The average Bonchev–Trinajstić information content (AvgIpc) is 3.13. The number of fused-ring (bicyclic) bond motifs is 1. The highest BCUT2D eigenvalue weighted by Gasteiger charge is 2.47. The van der Waals surface area contributed by atoms with Crippen molar-refractivity contribution in [2.45, 2.75) is 51.4 Å². The van der Waals surface area contributed by atoms with Gasteiger partial charge in [0.05, 0.1) is 23.5 Å². The van der Waals surface area contributed by atoms with E-state index in [4.69, 9.17) is 16.3 Å². The molecule has 1 fully saturated rings. The SMILES string of the molecule is CC/C(=C\c1ccc(O)cc1Cl)CC[C@H]1OC[C@H]2C1=C(C(C)C)CS2(=O)=O. The maximum atomic E-state index is 12.4. The third-order valence-corrected chi connectivity index (χ3v) is 7.82. The molecular weight excluding hydrogens is 384 g/mol. The molecule has 0 amide bonds. The summed E-state index contributed by atoms with van der Waals surface area (Å²) >= 11 is 6.21. The number of benzene rings is 1. The zero-order chi connectivity index (χ0) is 19.8. The predicted molar refractivity (Wildman–Crippen MR) is 110 cm³/mol. The molecular formula is C21H27ClO4S. The van der Waals surface area contributed by atoms with Crippen LogP contribution in [0.1, 0.15) is 45.6 Å². The van der Waals surface area contributed by atoms with Crippen LogP contribution in [0.5, 0.6) is 5.75 Å². The van der Waals surface area contributed by atoms with Crippen LogP contribution in [0.2, 0.25) is 5.02 Å². The molecule has 2 aliphatic heterocycles. The van der Waals surface area contributed by atoms with Crippen molar-refractivity contribution in [2.24, 2.45) is 5.92 Å². The fraction of sp³-hybridized carbons (Fsp3) is 0.524. The van der Waals surface area contributed by atoms with Crippen molar-refractivity contribution in [1.29, 1.82) is 0 Å². The Morgan fingerprint density at radius 2 is 2.15 bits per heavy atom. The Balaban J connectivity index is 1.77. The van der Waals surface area contributed by atoms with Crippen molar-refractivity contribution in [2.75, 3.05) is 12.4 Å². The van der Waals surface area contributed by atoms with Gasteiger partial charge in [-0.05, 0) is 60.1 Å². The lowest BCUT2D eigenvalue weighted by atomic mass is 9.91. The van der Waals surface area contributed by atoms with Crippen molar-refractivity contribution in [3.05, 3.63) is 45.5 Å². The lowest BCUT2D eigenvalue weighted by molar-refractivity contribution is 0.117. The van der Waals surface area contributed by atoms with Gasteiger partial charge >= 0.3 is 0 Å². The normalized spacial score (nSPS) is 24.7. The van der Waals surface area contributed by atoms with Crippen LogP contribution < -0.4 is 0 Å². The molecule has 1 saturated heterocycles. The van der Waals surface area contributed by atoms with E-state index in [9.17, 15) is 13.5 Å². The van der Waals surface area contributed by atoms with E-state index < -0.39 is 15.1 Å². The van der Waals surface area contributed by atoms with Gasteiger partial charge in [0, 0.05) is 0 Å². The smallest absolute Gasteiger partial charge is 0.163 e. The molecule has 1 N–H and O–H groups in total. The third kappa shape index (κ3) is 4.25. The van der Waals surface area contributed by atoms with Gasteiger partial charge in [-0.1, -0.05) is 44.0 Å². The van der Waals surface area contributed by atoms with E-state index in [-0.39, 0.29) is 30.1 Å². The van der Waals surface area contributed by atoms with Gasteiger partial charge in [0.1, 0.15) is 11.0 Å². The average molecular weight is 411 g/mol. The summed E-state index contributed by atoms with van der Waals surface area (Å²) in [5.41, 5.74) is 4.17. The molecule has 27 heavy (non-hydrogen) atoms. The van der Waals surface area contributed by atoms with Crippen LogP contribution in [-0.2, 0) is 14.6 Å². The number of hydrogen-bond acceptors (Lipinski definition) is 4. The minimum atomic E-state index is -3.11. The minimum Gasteiger partial charge on any atom is -0.508 e. The Morgan fingerprint density at radius 3 is 2.78 bits per heavy atom. The highest BCUT2D eigenvalue weighted by molar-refractivity contribution is 7.92. The molecule has 0 unspecified atom stereocenters. The molecule has 1 aromatic carbocycles. The monoisotopic (exact) mass is 410 g/mol. The third-order valence-electron chi connectivity index (χ3n) is 5.53. The van der Waals surface area contributed by atoms with Crippen molar-refractivity contribution >= 4 is 27.5 Å². The van der Waals surface area contributed by atoms with Crippen molar-refractivity contribution < 1.29 is 18.3 Å². The highest BCUT2D eigenvalue weighted by atomic mass is 35.5. The van der Waals surface area contributed by atoms with E-state index in [1.54, 1.807) is 12.1 Å². The van der Waals surface area contributed by atoms with Gasteiger partial charge in [0.25, 0.3) is 0 Å². The summed E-state index contributed by atoms with van der Waals surface area (Å²) in [4.78, 5) is 0. The Morgan fingerprint density at radius 1 is 1.41 bits per heavy atom. The summed E-state index contributed by atoms with van der Waals surface area (Å²) in [6, 6.07) is 4.96. The van der Waals surface area contributed by atoms with Crippen LogP contribution in [0.3, 0.4) is 0 Å². The standard InChI is InChI=1S/C21H27ClO4S/c1-4-14(9-15-6-7-16(23)10-18(15)22)5-8-19-21-17(13(2)3)12-27(24,25)20(21)11-26-19/h6-7,9-10,13,19-20,23H,4-5,8,11-12H2,1-3H3/b14-9+/t19-,20+/m1/s1. The summed E-state index contributed by atoms with van der Waals surface area (Å²) in [6.45, 7) is 6.49. The van der Waals surface area contributed by atoms with Gasteiger partial charge in [-0.2, -0.15) is 0 Å². The van der Waals surface area contributed by atoms with E-state index in [1.165, 1.54) is 11.6 Å². The summed E-state index contributed by atoms with van der Waals surface area (Å²) in [6.07, 6.45) is 4.40. The Bertz CT molecular complexity index is 883. The molecule has 3 rings (SSSR count). The maximum Gasteiger partial charge on any atom is 0.163 e. The summed E-state index contributed by atoms with van der Waals surface area (Å²) in [7, 11) is -3.11. The van der Waals surface area contributed by atoms with Gasteiger partial charge < -0.3 is 9.84 Å². The topological polar surface area (TPSA) is 63.6 Å². The van der Waals surface area contributed by atoms with Gasteiger partial charge in [0.15, 0.2) is 9.84 Å². The Hall–Kier alpha value is -1.30. The zero-order valence-corrected chi connectivity index (χ0v) is 17.6. The van der Waals surface area contributed by atoms with Crippen LogP contribution in [0.25, 0.3) is 6.08 Å². The molecule has 0 bridgehead atoms. The first kappa shape index (κ1) is 20.4. The van der Waals surface area contributed by atoms with Gasteiger partial charge in [0.2, 0.25) is 0 Å². The number of rotatable bonds is 6. The molecule has 4 nitrogen and oxygen atoms in total. The largest absolute Gasteiger partial charge is 0.508 e. The minimum absolute atomic E-state index is 0.116. The highest BCUT2D eigenvalue weighted by Crippen LogP contribution is 2.41.